The van der Waals surface area contributed by atoms with Crippen LogP contribution in [0.2, 0.25) is 0 Å². The van der Waals surface area contributed by atoms with Crippen LogP contribution in [0.1, 0.15) is 25.3 Å². The van der Waals surface area contributed by atoms with E-state index in [4.69, 9.17) is 14.9 Å². The van der Waals surface area contributed by atoms with Crippen LogP contribution in [0.5, 0.6) is 5.75 Å². The topological polar surface area (TPSA) is 95.9 Å². The maximum absolute atomic E-state index is 11.5. The van der Waals surface area contributed by atoms with Gasteiger partial charge in [-0.25, -0.2) is 4.79 Å². The van der Waals surface area contributed by atoms with Gasteiger partial charge in [0.2, 0.25) is 0 Å². The van der Waals surface area contributed by atoms with Gasteiger partial charge in [0.15, 0.2) is 12.7 Å². The summed E-state index contributed by atoms with van der Waals surface area (Å²) in [6, 6.07) is 7.40. The first kappa shape index (κ1) is 16.0. The summed E-state index contributed by atoms with van der Waals surface area (Å²) in [5.41, 5.74) is 0.992. The van der Waals surface area contributed by atoms with Gasteiger partial charge in [-0.2, -0.15) is 0 Å². The fraction of sp³-hybridized carbons (Fsp3) is 0.429. The van der Waals surface area contributed by atoms with Crippen molar-refractivity contribution in [1.82, 2.24) is 5.32 Å². The number of amides is 1. The van der Waals surface area contributed by atoms with Crippen molar-refractivity contribution >= 4 is 11.9 Å². The molecule has 1 unspecified atom stereocenters. The van der Waals surface area contributed by atoms with E-state index in [0.29, 0.717) is 5.75 Å². The number of hydrogen-bond acceptors (Lipinski definition) is 4. The van der Waals surface area contributed by atoms with E-state index in [-0.39, 0.29) is 19.1 Å². The second-order valence-corrected chi connectivity index (χ2v) is 4.64. The summed E-state index contributed by atoms with van der Waals surface area (Å²) in [5, 5.41) is 19.8. The predicted octanol–water partition coefficient (Wildman–Crippen LogP) is 0.750. The highest BCUT2D eigenvalue weighted by molar-refractivity contribution is 5.79. The number of nitrogens with one attached hydrogen (secondary N) is 1. The van der Waals surface area contributed by atoms with Crippen LogP contribution < -0.4 is 10.1 Å². The number of carbonyl (C=O) groups excluding carboxylic acids is 1. The lowest BCUT2D eigenvalue weighted by Crippen LogP contribution is -2.38. The highest BCUT2D eigenvalue weighted by Gasteiger charge is 2.14. The fourth-order valence-electron chi connectivity index (χ4n) is 1.58. The molecule has 1 atom stereocenters. The number of hydrogen-bond donors (Lipinski definition) is 3. The number of carboxylic acids is 1. The van der Waals surface area contributed by atoms with Gasteiger partial charge < -0.3 is 20.3 Å². The van der Waals surface area contributed by atoms with Gasteiger partial charge in [0.25, 0.3) is 5.91 Å². The molecule has 0 heterocycles. The number of carbonyl (C=O) groups is 2. The van der Waals surface area contributed by atoms with E-state index >= 15 is 0 Å². The van der Waals surface area contributed by atoms with E-state index in [0.717, 1.165) is 5.56 Å². The molecule has 0 aromatic heterocycles. The highest BCUT2D eigenvalue weighted by Crippen LogP contribution is 2.25. The zero-order valence-electron chi connectivity index (χ0n) is 11.5. The molecular weight excluding hydrogens is 262 g/mol. The van der Waals surface area contributed by atoms with Crippen LogP contribution >= 0.6 is 0 Å². The Morgan fingerprint density at radius 2 is 1.95 bits per heavy atom. The van der Waals surface area contributed by atoms with Crippen molar-refractivity contribution < 1.29 is 24.5 Å². The summed E-state index contributed by atoms with van der Waals surface area (Å²) in [4.78, 5) is 21.9. The summed E-state index contributed by atoms with van der Waals surface area (Å²) in [7, 11) is 0. The van der Waals surface area contributed by atoms with E-state index in [9.17, 15) is 9.59 Å². The Kier molecular flexibility index (Phi) is 5.99. The minimum absolute atomic E-state index is 0.226. The lowest BCUT2D eigenvalue weighted by atomic mass is 10.0. The normalized spacial score (nSPS) is 12.0. The molecule has 1 aromatic carbocycles. The molecule has 110 valence electrons. The van der Waals surface area contributed by atoms with Crippen molar-refractivity contribution in [1.29, 1.82) is 0 Å². The maximum atomic E-state index is 11.5. The molecule has 6 heteroatoms. The van der Waals surface area contributed by atoms with Crippen molar-refractivity contribution in [2.24, 2.45) is 0 Å². The third-order valence-electron chi connectivity index (χ3n) is 2.68. The molecule has 6 nitrogen and oxygen atoms in total. The van der Waals surface area contributed by atoms with Crippen LogP contribution in [-0.2, 0) is 9.59 Å². The number of ether oxygens (including phenoxy) is 1. The van der Waals surface area contributed by atoms with E-state index in [1.54, 1.807) is 6.07 Å². The summed E-state index contributed by atoms with van der Waals surface area (Å²) in [6.45, 7) is 3.47. The predicted molar refractivity (Wildman–Crippen MR) is 72.7 cm³/mol. The molecule has 0 aliphatic rings. The number of aliphatic carboxylic acids is 1. The first-order valence-electron chi connectivity index (χ1n) is 6.31. The molecule has 0 bridgehead atoms. The summed E-state index contributed by atoms with van der Waals surface area (Å²) >= 11 is 0. The Morgan fingerprint density at radius 3 is 2.55 bits per heavy atom. The third-order valence-corrected chi connectivity index (χ3v) is 2.68. The average molecular weight is 281 g/mol. The molecule has 20 heavy (non-hydrogen) atoms. The van der Waals surface area contributed by atoms with Crippen molar-refractivity contribution in [3.05, 3.63) is 29.8 Å². The summed E-state index contributed by atoms with van der Waals surface area (Å²) in [5.74, 6) is -0.972. The van der Waals surface area contributed by atoms with Gasteiger partial charge in [-0.3, -0.25) is 4.79 Å². The largest absolute Gasteiger partial charge is 0.483 e. The van der Waals surface area contributed by atoms with Crippen molar-refractivity contribution in [2.75, 3.05) is 13.2 Å². The average Bonchev–Trinajstić information content (AvgIpc) is 2.42. The van der Waals surface area contributed by atoms with E-state index in [1.807, 2.05) is 32.0 Å². The molecule has 3 N–H and O–H groups in total. The van der Waals surface area contributed by atoms with Crippen LogP contribution in [0.4, 0.5) is 0 Å². The molecule has 0 spiro atoms. The zero-order valence-corrected chi connectivity index (χ0v) is 11.5. The Balaban J connectivity index is 2.47. The molecular formula is C14H19NO5. The molecule has 1 rings (SSSR count). The fourth-order valence-corrected chi connectivity index (χ4v) is 1.58. The van der Waals surface area contributed by atoms with Crippen LogP contribution in [0.15, 0.2) is 24.3 Å². The third kappa shape index (κ3) is 4.89. The molecule has 1 aromatic rings. The van der Waals surface area contributed by atoms with Crippen molar-refractivity contribution in [3.8, 4) is 5.75 Å². The standard InChI is InChI=1S/C14H19NO5/c1-9(2)10-5-3-4-6-12(10)20-8-13(17)15-7-11(16)14(18)19/h3-6,9,11,16H,7-8H2,1-2H3,(H,15,17)(H,18,19). The van der Waals surface area contributed by atoms with Crippen LogP contribution in [0, 0.1) is 0 Å². The van der Waals surface area contributed by atoms with E-state index in [2.05, 4.69) is 5.32 Å². The summed E-state index contributed by atoms with van der Waals surface area (Å²) < 4.78 is 5.41. The van der Waals surface area contributed by atoms with Crippen LogP contribution in [-0.4, -0.2) is 41.3 Å². The van der Waals surface area contributed by atoms with Gasteiger partial charge in [-0.1, -0.05) is 32.0 Å². The zero-order chi connectivity index (χ0) is 15.1. The van der Waals surface area contributed by atoms with E-state index < -0.39 is 18.0 Å². The van der Waals surface area contributed by atoms with Gasteiger partial charge in [0.1, 0.15) is 5.75 Å². The van der Waals surface area contributed by atoms with Gasteiger partial charge in [0, 0.05) is 0 Å². The number of aliphatic hydroxyl groups excluding tert-OH is 1. The van der Waals surface area contributed by atoms with Gasteiger partial charge >= 0.3 is 5.97 Å². The highest BCUT2D eigenvalue weighted by atomic mass is 16.5. The second kappa shape index (κ2) is 7.49. The molecule has 0 aliphatic carbocycles. The lowest BCUT2D eigenvalue weighted by Gasteiger charge is -2.14. The van der Waals surface area contributed by atoms with Crippen LogP contribution in [0.25, 0.3) is 0 Å². The molecule has 0 saturated heterocycles. The lowest BCUT2D eigenvalue weighted by molar-refractivity contribution is -0.146. The van der Waals surface area contributed by atoms with Crippen molar-refractivity contribution in [3.63, 3.8) is 0 Å². The SMILES string of the molecule is CC(C)c1ccccc1OCC(=O)NCC(O)C(=O)O. The van der Waals surface area contributed by atoms with Crippen LogP contribution in [0.3, 0.4) is 0 Å². The number of aliphatic hydroxyl groups is 1. The molecule has 0 fully saturated rings. The monoisotopic (exact) mass is 281 g/mol. The number of rotatable bonds is 7. The molecule has 0 radical (unpaired) electrons. The Labute approximate surface area is 117 Å². The second-order valence-electron chi connectivity index (χ2n) is 4.64. The Hall–Kier alpha value is -2.08. The smallest absolute Gasteiger partial charge is 0.334 e. The first-order valence-corrected chi connectivity index (χ1v) is 6.31. The quantitative estimate of drug-likeness (QED) is 0.685. The number of para-hydroxylation sites is 1. The minimum Gasteiger partial charge on any atom is -0.483 e. The molecule has 0 saturated carbocycles. The maximum Gasteiger partial charge on any atom is 0.334 e. The Bertz CT molecular complexity index is 472. The molecule has 0 aliphatic heterocycles. The van der Waals surface area contributed by atoms with Gasteiger partial charge in [-0.05, 0) is 17.5 Å². The van der Waals surface area contributed by atoms with E-state index in [1.165, 1.54) is 0 Å². The molecule has 1 amide bonds. The Morgan fingerprint density at radius 1 is 1.30 bits per heavy atom. The number of benzene rings is 1. The number of carboxylic acid groups (broad SMARTS) is 1. The van der Waals surface area contributed by atoms with Gasteiger partial charge in [-0.15, -0.1) is 0 Å². The first-order chi connectivity index (χ1) is 9.41. The minimum atomic E-state index is -1.61. The van der Waals surface area contributed by atoms with Crippen molar-refractivity contribution in [2.45, 2.75) is 25.9 Å². The summed E-state index contributed by atoms with van der Waals surface area (Å²) in [6.07, 6.45) is -1.61. The van der Waals surface area contributed by atoms with Gasteiger partial charge in [0.05, 0.1) is 6.54 Å².